The van der Waals surface area contributed by atoms with Crippen molar-refractivity contribution < 1.29 is 9.90 Å². The quantitative estimate of drug-likeness (QED) is 0.891. The van der Waals surface area contributed by atoms with Crippen LogP contribution in [-0.4, -0.2) is 34.6 Å². The molecule has 4 nitrogen and oxygen atoms in total. The Bertz CT molecular complexity index is 588. The van der Waals surface area contributed by atoms with Crippen molar-refractivity contribution in [1.82, 2.24) is 4.90 Å². The van der Waals surface area contributed by atoms with Gasteiger partial charge in [-0.15, -0.1) is 0 Å². The van der Waals surface area contributed by atoms with Gasteiger partial charge in [0.2, 0.25) is 0 Å². The molecule has 1 saturated carbocycles. The second-order valence-corrected chi connectivity index (χ2v) is 6.01. The summed E-state index contributed by atoms with van der Waals surface area (Å²) >= 11 is 0. The molecule has 20 heavy (non-hydrogen) atoms. The number of carbonyl (C=O) groups excluding carboxylic acids is 1. The Morgan fingerprint density at radius 2 is 2.15 bits per heavy atom. The van der Waals surface area contributed by atoms with E-state index < -0.39 is 5.60 Å². The zero-order valence-electron chi connectivity index (χ0n) is 11.5. The van der Waals surface area contributed by atoms with Crippen molar-refractivity contribution in [2.45, 2.75) is 25.4 Å². The SMILES string of the molecule is C[C@@H]1CN(C(=O)c2ccccc2C#N)C[C@@]1(O)C1CC1. The monoisotopic (exact) mass is 270 g/mol. The van der Waals surface area contributed by atoms with Gasteiger partial charge in [-0.2, -0.15) is 5.26 Å². The largest absolute Gasteiger partial charge is 0.387 e. The molecule has 1 aliphatic heterocycles. The molecule has 1 amide bonds. The van der Waals surface area contributed by atoms with E-state index in [-0.39, 0.29) is 11.8 Å². The highest BCUT2D eigenvalue weighted by atomic mass is 16.3. The minimum Gasteiger partial charge on any atom is -0.387 e. The van der Waals surface area contributed by atoms with Crippen LogP contribution in [0.1, 0.15) is 35.7 Å². The standard InChI is InChI=1S/C16H18N2O2/c1-11-9-18(10-16(11,20)13-6-7-13)15(19)14-5-3-2-4-12(14)8-17/h2-5,11,13,20H,6-7,9-10H2,1H3/t11-,16+/m1/s1. The number of hydrogen-bond donors (Lipinski definition) is 1. The normalized spacial score (nSPS) is 29.2. The molecule has 1 aromatic carbocycles. The topological polar surface area (TPSA) is 64.3 Å². The lowest BCUT2D eigenvalue weighted by molar-refractivity contribution is -0.00364. The molecular formula is C16H18N2O2. The summed E-state index contributed by atoms with van der Waals surface area (Å²) in [5.41, 5.74) is 0.0892. The average molecular weight is 270 g/mol. The van der Waals surface area contributed by atoms with Crippen molar-refractivity contribution >= 4 is 5.91 Å². The number of nitrogens with zero attached hydrogens (tertiary/aromatic N) is 2. The zero-order valence-corrected chi connectivity index (χ0v) is 11.5. The Balaban J connectivity index is 1.84. The van der Waals surface area contributed by atoms with Crippen molar-refractivity contribution in [3.8, 4) is 6.07 Å². The minimum atomic E-state index is -0.739. The molecular weight excluding hydrogens is 252 g/mol. The summed E-state index contributed by atoms with van der Waals surface area (Å²) in [6.45, 7) is 2.95. The molecule has 0 bridgehead atoms. The number of carbonyl (C=O) groups is 1. The highest BCUT2D eigenvalue weighted by Crippen LogP contribution is 2.47. The predicted molar refractivity (Wildman–Crippen MR) is 73.9 cm³/mol. The van der Waals surface area contributed by atoms with Crippen LogP contribution in [-0.2, 0) is 0 Å². The molecule has 4 heteroatoms. The molecule has 2 atom stereocenters. The summed E-state index contributed by atoms with van der Waals surface area (Å²) in [4.78, 5) is 14.3. The third kappa shape index (κ3) is 1.99. The Morgan fingerprint density at radius 3 is 2.80 bits per heavy atom. The highest BCUT2D eigenvalue weighted by Gasteiger charge is 2.53. The van der Waals surface area contributed by atoms with E-state index in [0.29, 0.717) is 30.1 Å². The van der Waals surface area contributed by atoms with E-state index in [9.17, 15) is 9.90 Å². The van der Waals surface area contributed by atoms with Gasteiger partial charge in [0, 0.05) is 12.5 Å². The molecule has 1 N–H and O–H groups in total. The number of aliphatic hydroxyl groups is 1. The number of β-amino-alcohol motifs (C(OH)–C–C–N with tert-alkyl or cyclic N) is 1. The van der Waals surface area contributed by atoms with E-state index in [1.165, 1.54) is 0 Å². The summed E-state index contributed by atoms with van der Waals surface area (Å²) < 4.78 is 0. The van der Waals surface area contributed by atoms with Crippen LogP contribution in [0.25, 0.3) is 0 Å². The maximum absolute atomic E-state index is 12.6. The minimum absolute atomic E-state index is 0.0909. The highest BCUT2D eigenvalue weighted by molar-refractivity contribution is 5.96. The van der Waals surface area contributed by atoms with Gasteiger partial charge in [0.25, 0.3) is 5.91 Å². The number of amides is 1. The maximum atomic E-state index is 12.6. The van der Waals surface area contributed by atoms with Crippen LogP contribution in [0.4, 0.5) is 0 Å². The van der Waals surface area contributed by atoms with Gasteiger partial charge in [0.05, 0.1) is 29.3 Å². The molecule has 1 saturated heterocycles. The fourth-order valence-corrected chi connectivity index (χ4v) is 3.22. The van der Waals surface area contributed by atoms with Crippen LogP contribution in [0.2, 0.25) is 0 Å². The molecule has 2 fully saturated rings. The van der Waals surface area contributed by atoms with Crippen LogP contribution in [0.5, 0.6) is 0 Å². The van der Waals surface area contributed by atoms with Crippen LogP contribution in [0.15, 0.2) is 24.3 Å². The van der Waals surface area contributed by atoms with Gasteiger partial charge in [-0.05, 0) is 30.9 Å². The van der Waals surface area contributed by atoms with Crippen LogP contribution in [0.3, 0.4) is 0 Å². The molecule has 0 spiro atoms. The molecule has 1 heterocycles. The first-order valence-corrected chi connectivity index (χ1v) is 7.07. The van der Waals surface area contributed by atoms with Crippen molar-refractivity contribution in [3.63, 3.8) is 0 Å². The first-order chi connectivity index (χ1) is 9.56. The van der Waals surface area contributed by atoms with Gasteiger partial charge >= 0.3 is 0 Å². The second-order valence-electron chi connectivity index (χ2n) is 6.01. The van der Waals surface area contributed by atoms with E-state index in [4.69, 9.17) is 5.26 Å². The van der Waals surface area contributed by atoms with Gasteiger partial charge < -0.3 is 10.0 Å². The van der Waals surface area contributed by atoms with E-state index >= 15 is 0 Å². The van der Waals surface area contributed by atoms with Crippen molar-refractivity contribution in [2.75, 3.05) is 13.1 Å². The first-order valence-electron chi connectivity index (χ1n) is 7.07. The number of nitriles is 1. The van der Waals surface area contributed by atoms with Gasteiger partial charge in [-0.25, -0.2) is 0 Å². The summed E-state index contributed by atoms with van der Waals surface area (Å²) in [7, 11) is 0. The third-order valence-electron chi connectivity index (χ3n) is 4.64. The van der Waals surface area contributed by atoms with Crippen molar-refractivity contribution in [1.29, 1.82) is 5.26 Å². The molecule has 0 aromatic heterocycles. The first kappa shape index (κ1) is 13.1. The Labute approximate surface area is 118 Å². The van der Waals surface area contributed by atoms with Crippen molar-refractivity contribution in [3.05, 3.63) is 35.4 Å². The Morgan fingerprint density at radius 1 is 1.45 bits per heavy atom. The molecule has 1 aromatic rings. The number of rotatable bonds is 2. The van der Waals surface area contributed by atoms with Gasteiger partial charge in [0.15, 0.2) is 0 Å². The van der Waals surface area contributed by atoms with Crippen LogP contribution < -0.4 is 0 Å². The molecule has 1 aliphatic carbocycles. The van der Waals surface area contributed by atoms with E-state index in [0.717, 1.165) is 12.8 Å². The summed E-state index contributed by atoms with van der Waals surface area (Å²) in [6, 6.07) is 8.91. The van der Waals surface area contributed by atoms with E-state index in [1.54, 1.807) is 29.2 Å². The molecule has 0 unspecified atom stereocenters. The predicted octanol–water partition coefficient (Wildman–Crippen LogP) is 1.79. The summed E-state index contributed by atoms with van der Waals surface area (Å²) in [5, 5.41) is 19.8. The van der Waals surface area contributed by atoms with Gasteiger partial charge in [0.1, 0.15) is 0 Å². The lowest BCUT2D eigenvalue weighted by atomic mass is 9.88. The summed E-state index contributed by atoms with van der Waals surface area (Å²) in [5.74, 6) is 0.278. The third-order valence-corrected chi connectivity index (χ3v) is 4.64. The molecule has 3 rings (SSSR count). The van der Waals surface area contributed by atoms with Gasteiger partial charge in [-0.1, -0.05) is 19.1 Å². The smallest absolute Gasteiger partial charge is 0.255 e. The number of hydrogen-bond acceptors (Lipinski definition) is 3. The maximum Gasteiger partial charge on any atom is 0.255 e. The average Bonchev–Trinajstić information content (AvgIpc) is 3.26. The number of benzene rings is 1. The van der Waals surface area contributed by atoms with Crippen molar-refractivity contribution in [2.24, 2.45) is 11.8 Å². The Kier molecular flexibility index (Phi) is 3.02. The second kappa shape index (κ2) is 4.60. The van der Waals surface area contributed by atoms with Crippen LogP contribution >= 0.6 is 0 Å². The van der Waals surface area contributed by atoms with Gasteiger partial charge in [-0.3, -0.25) is 4.79 Å². The fourth-order valence-electron chi connectivity index (χ4n) is 3.22. The molecule has 104 valence electrons. The summed E-state index contributed by atoms with van der Waals surface area (Å²) in [6.07, 6.45) is 2.11. The zero-order chi connectivity index (χ0) is 14.3. The Hall–Kier alpha value is -1.86. The fraction of sp³-hybridized carbons (Fsp3) is 0.500. The molecule has 0 radical (unpaired) electrons. The molecule has 2 aliphatic rings. The van der Waals surface area contributed by atoms with E-state index in [1.807, 2.05) is 6.92 Å². The number of likely N-dealkylation sites (tertiary alicyclic amines) is 1. The lowest BCUT2D eigenvalue weighted by Gasteiger charge is -2.26. The lowest BCUT2D eigenvalue weighted by Crippen LogP contribution is -2.40. The van der Waals surface area contributed by atoms with Crippen LogP contribution in [0, 0.1) is 23.2 Å². The van der Waals surface area contributed by atoms with E-state index in [2.05, 4.69) is 6.07 Å².